The van der Waals surface area contributed by atoms with Crippen molar-refractivity contribution in [3.8, 4) is 5.75 Å². The van der Waals surface area contributed by atoms with Gasteiger partial charge < -0.3 is 16.2 Å². The second-order valence-electron chi connectivity index (χ2n) is 4.02. The number of nitrogens with one attached hydrogen (secondary N) is 1. The highest BCUT2D eigenvalue weighted by atomic mass is 35.5. The van der Waals surface area contributed by atoms with Crippen LogP contribution in [0.25, 0.3) is 0 Å². The van der Waals surface area contributed by atoms with E-state index in [2.05, 4.69) is 5.32 Å². The minimum atomic E-state index is -0.295. The lowest BCUT2D eigenvalue weighted by atomic mass is 10.1. The van der Waals surface area contributed by atoms with Crippen molar-refractivity contribution in [1.82, 2.24) is 0 Å². The van der Waals surface area contributed by atoms with E-state index in [0.29, 0.717) is 17.8 Å². The summed E-state index contributed by atoms with van der Waals surface area (Å²) in [5.41, 5.74) is 7.51. The normalized spacial score (nSPS) is 10.2. The molecule has 0 saturated carbocycles. The number of nitrogens with two attached hydrogens (primary N) is 1. The fourth-order valence-electron chi connectivity index (χ4n) is 1.63. The Bertz CT molecular complexity index is 614. The highest BCUT2D eigenvalue weighted by Gasteiger charge is 2.08. The Kier molecular flexibility index (Phi) is 4.04. The van der Waals surface area contributed by atoms with Crippen LogP contribution >= 0.6 is 11.6 Å². The number of carbonyl (C=O) groups excluding carboxylic acids is 1. The average molecular weight is 277 g/mol. The van der Waals surface area contributed by atoms with Gasteiger partial charge >= 0.3 is 0 Å². The van der Waals surface area contributed by atoms with E-state index in [-0.39, 0.29) is 16.7 Å². The summed E-state index contributed by atoms with van der Waals surface area (Å²) in [6, 6.07) is 11.6. The van der Waals surface area contributed by atoms with Gasteiger partial charge in [0.1, 0.15) is 5.75 Å². The molecule has 0 aliphatic carbocycles. The number of benzene rings is 2. The van der Waals surface area contributed by atoms with Gasteiger partial charge in [-0.25, -0.2) is 0 Å². The molecular weight excluding hydrogens is 264 g/mol. The maximum Gasteiger partial charge on any atom is 0.255 e. The summed E-state index contributed by atoms with van der Waals surface area (Å²) in [5, 5.41) is 12.2. The standard InChI is InChI=1S/C14H13ClN2O2/c15-12-7-10(4-5-13(12)18)14(19)17-11-3-1-2-9(6-11)8-16/h1-7,18H,8,16H2,(H,17,19). The van der Waals surface area contributed by atoms with Crippen molar-refractivity contribution in [2.24, 2.45) is 5.73 Å². The molecule has 0 bridgehead atoms. The van der Waals surface area contributed by atoms with Crippen molar-refractivity contribution in [3.05, 3.63) is 58.6 Å². The van der Waals surface area contributed by atoms with Crippen LogP contribution in [-0.4, -0.2) is 11.0 Å². The molecule has 0 aliphatic heterocycles. The molecule has 0 spiro atoms. The first-order chi connectivity index (χ1) is 9.10. The number of halogens is 1. The van der Waals surface area contributed by atoms with Crippen molar-refractivity contribution in [3.63, 3.8) is 0 Å². The first-order valence-corrected chi connectivity index (χ1v) is 6.07. The number of carbonyl (C=O) groups is 1. The predicted octanol–water partition coefficient (Wildman–Crippen LogP) is 2.76. The summed E-state index contributed by atoms with van der Waals surface area (Å²) in [5.74, 6) is -0.348. The van der Waals surface area contributed by atoms with Crippen LogP contribution in [0.5, 0.6) is 5.75 Å². The molecule has 1 amide bonds. The van der Waals surface area contributed by atoms with E-state index in [0.717, 1.165) is 5.56 Å². The van der Waals surface area contributed by atoms with E-state index in [4.69, 9.17) is 17.3 Å². The van der Waals surface area contributed by atoms with Gasteiger partial charge in [0.2, 0.25) is 0 Å². The lowest BCUT2D eigenvalue weighted by Crippen LogP contribution is -2.12. The molecular formula is C14H13ClN2O2. The molecule has 19 heavy (non-hydrogen) atoms. The van der Waals surface area contributed by atoms with Crippen LogP contribution in [0, 0.1) is 0 Å². The zero-order valence-corrected chi connectivity index (χ0v) is 10.8. The number of phenols is 1. The number of hydrogen-bond donors (Lipinski definition) is 3. The van der Waals surface area contributed by atoms with Crippen LogP contribution in [0.3, 0.4) is 0 Å². The van der Waals surface area contributed by atoms with E-state index in [1.807, 2.05) is 12.1 Å². The van der Waals surface area contributed by atoms with Crippen LogP contribution in [0.15, 0.2) is 42.5 Å². The molecule has 0 heterocycles. The van der Waals surface area contributed by atoms with Crippen molar-refractivity contribution < 1.29 is 9.90 Å². The van der Waals surface area contributed by atoms with Crippen LogP contribution < -0.4 is 11.1 Å². The quantitative estimate of drug-likeness (QED) is 0.807. The number of hydrogen-bond acceptors (Lipinski definition) is 3. The van der Waals surface area contributed by atoms with E-state index in [1.165, 1.54) is 18.2 Å². The fourth-order valence-corrected chi connectivity index (χ4v) is 1.81. The molecule has 4 nitrogen and oxygen atoms in total. The second kappa shape index (κ2) is 5.73. The summed E-state index contributed by atoms with van der Waals surface area (Å²) in [4.78, 5) is 12.0. The predicted molar refractivity (Wildman–Crippen MR) is 75.4 cm³/mol. The molecule has 0 aromatic heterocycles. The third kappa shape index (κ3) is 3.24. The molecule has 2 rings (SSSR count). The summed E-state index contributed by atoms with van der Waals surface area (Å²) < 4.78 is 0. The summed E-state index contributed by atoms with van der Waals surface area (Å²) in [6.07, 6.45) is 0. The van der Waals surface area contributed by atoms with Crippen LogP contribution in [0.2, 0.25) is 5.02 Å². The van der Waals surface area contributed by atoms with Crippen molar-refractivity contribution in [2.75, 3.05) is 5.32 Å². The highest BCUT2D eigenvalue weighted by molar-refractivity contribution is 6.32. The van der Waals surface area contributed by atoms with Crippen molar-refractivity contribution in [2.45, 2.75) is 6.54 Å². The van der Waals surface area contributed by atoms with Gasteiger partial charge in [-0.3, -0.25) is 4.79 Å². The summed E-state index contributed by atoms with van der Waals surface area (Å²) in [6.45, 7) is 0.411. The molecule has 0 saturated heterocycles. The van der Waals surface area contributed by atoms with Crippen LogP contribution in [0.1, 0.15) is 15.9 Å². The lowest BCUT2D eigenvalue weighted by molar-refractivity contribution is 0.102. The molecule has 0 fully saturated rings. The molecule has 98 valence electrons. The average Bonchev–Trinajstić information content (AvgIpc) is 2.42. The van der Waals surface area contributed by atoms with Gasteiger partial charge in [0.05, 0.1) is 5.02 Å². The Morgan fingerprint density at radius 1 is 1.26 bits per heavy atom. The van der Waals surface area contributed by atoms with Gasteiger partial charge in [-0.15, -0.1) is 0 Å². The first kappa shape index (κ1) is 13.4. The minimum Gasteiger partial charge on any atom is -0.506 e. The first-order valence-electron chi connectivity index (χ1n) is 5.69. The monoisotopic (exact) mass is 276 g/mol. The molecule has 0 unspecified atom stereocenters. The summed E-state index contributed by atoms with van der Waals surface area (Å²) >= 11 is 5.76. The van der Waals surface area contributed by atoms with Gasteiger partial charge in [-0.1, -0.05) is 23.7 Å². The number of rotatable bonds is 3. The van der Waals surface area contributed by atoms with Crippen molar-refractivity contribution in [1.29, 1.82) is 0 Å². The SMILES string of the molecule is NCc1cccc(NC(=O)c2ccc(O)c(Cl)c2)c1. The Labute approximate surface area is 115 Å². The zero-order chi connectivity index (χ0) is 13.8. The highest BCUT2D eigenvalue weighted by Crippen LogP contribution is 2.24. The molecule has 0 atom stereocenters. The van der Waals surface area contributed by atoms with Crippen LogP contribution in [0.4, 0.5) is 5.69 Å². The number of phenolic OH excluding ortho intramolecular Hbond substituents is 1. The Balaban J connectivity index is 2.18. The third-order valence-corrected chi connectivity index (χ3v) is 2.93. The molecule has 2 aromatic rings. The van der Waals surface area contributed by atoms with Gasteiger partial charge in [0.15, 0.2) is 0 Å². The smallest absolute Gasteiger partial charge is 0.255 e. The number of amides is 1. The van der Waals surface area contributed by atoms with E-state index >= 15 is 0 Å². The molecule has 5 heteroatoms. The maximum absolute atomic E-state index is 12.0. The van der Waals surface area contributed by atoms with Gasteiger partial charge in [0.25, 0.3) is 5.91 Å². The summed E-state index contributed by atoms with van der Waals surface area (Å²) in [7, 11) is 0. The minimum absolute atomic E-state index is 0.0525. The third-order valence-electron chi connectivity index (χ3n) is 2.63. The Hall–Kier alpha value is -2.04. The van der Waals surface area contributed by atoms with Gasteiger partial charge in [-0.2, -0.15) is 0 Å². The Morgan fingerprint density at radius 3 is 2.74 bits per heavy atom. The molecule has 0 aliphatic rings. The maximum atomic E-state index is 12.0. The zero-order valence-electron chi connectivity index (χ0n) is 10.1. The molecule has 4 N–H and O–H groups in total. The largest absolute Gasteiger partial charge is 0.506 e. The topological polar surface area (TPSA) is 75.3 Å². The van der Waals surface area contributed by atoms with E-state index < -0.39 is 0 Å². The molecule has 2 aromatic carbocycles. The lowest BCUT2D eigenvalue weighted by Gasteiger charge is -2.07. The number of anilines is 1. The van der Waals surface area contributed by atoms with Gasteiger partial charge in [0, 0.05) is 17.8 Å². The van der Waals surface area contributed by atoms with E-state index in [9.17, 15) is 9.90 Å². The van der Waals surface area contributed by atoms with Crippen molar-refractivity contribution >= 4 is 23.2 Å². The fraction of sp³-hybridized carbons (Fsp3) is 0.0714. The Morgan fingerprint density at radius 2 is 2.05 bits per heavy atom. The van der Waals surface area contributed by atoms with E-state index in [1.54, 1.807) is 12.1 Å². The second-order valence-corrected chi connectivity index (χ2v) is 4.43. The van der Waals surface area contributed by atoms with Crippen LogP contribution in [-0.2, 0) is 6.54 Å². The molecule has 0 radical (unpaired) electrons. The number of aromatic hydroxyl groups is 1. The van der Waals surface area contributed by atoms with Gasteiger partial charge in [-0.05, 0) is 35.9 Å².